The van der Waals surface area contributed by atoms with Gasteiger partial charge in [0.2, 0.25) is 0 Å². The lowest BCUT2D eigenvalue weighted by molar-refractivity contribution is 0.225. The molecule has 2 bridgehead atoms. The highest BCUT2D eigenvalue weighted by Crippen LogP contribution is 2.32. The highest BCUT2D eigenvalue weighted by molar-refractivity contribution is 5.94. The maximum atomic E-state index is 9.11. The van der Waals surface area contributed by atoms with Crippen LogP contribution in [0.15, 0.2) is 30.5 Å². The Morgan fingerprint density at radius 2 is 2.00 bits per heavy atom. The fraction of sp³-hybridized carbons (Fsp3) is 0.417. The molecule has 3 aromatic rings. The van der Waals surface area contributed by atoms with Crippen LogP contribution in [0.25, 0.3) is 10.8 Å². The summed E-state index contributed by atoms with van der Waals surface area (Å²) in [5.74, 6) is 1.76. The molecule has 7 nitrogen and oxygen atoms in total. The fourth-order valence-corrected chi connectivity index (χ4v) is 4.87. The Morgan fingerprint density at radius 1 is 1.23 bits per heavy atom. The van der Waals surface area contributed by atoms with Gasteiger partial charge in [0.25, 0.3) is 0 Å². The van der Waals surface area contributed by atoms with Crippen LogP contribution in [0.2, 0.25) is 0 Å². The lowest BCUT2D eigenvalue weighted by atomic mass is 9.91. The van der Waals surface area contributed by atoms with Crippen molar-refractivity contribution in [3.05, 3.63) is 52.8 Å². The number of hydrogen-bond donors (Lipinski definition) is 2. The lowest BCUT2D eigenvalue weighted by Crippen LogP contribution is -2.67. The van der Waals surface area contributed by atoms with Crippen molar-refractivity contribution in [2.75, 3.05) is 23.3 Å². The Morgan fingerprint density at radius 3 is 2.74 bits per heavy atom. The summed E-state index contributed by atoms with van der Waals surface area (Å²) in [7, 11) is 0. The van der Waals surface area contributed by atoms with Gasteiger partial charge in [-0.1, -0.05) is 18.2 Å². The number of piperazine rings is 1. The van der Waals surface area contributed by atoms with E-state index in [9.17, 15) is 0 Å². The first-order valence-corrected chi connectivity index (χ1v) is 10.9. The molecule has 0 amide bonds. The van der Waals surface area contributed by atoms with Crippen LogP contribution in [-0.2, 0) is 6.42 Å². The summed E-state index contributed by atoms with van der Waals surface area (Å²) >= 11 is 0. The SMILES string of the molecule is Cc1c(CC#N)cccc1[C@@H](C)Nc1nnc(C)c2cnc(N3CC4CC(C3)N4)cc12. The number of aryl methyl sites for hydroxylation is 1. The van der Waals surface area contributed by atoms with E-state index in [1.807, 2.05) is 25.3 Å². The third kappa shape index (κ3) is 3.57. The van der Waals surface area contributed by atoms with Crippen LogP contribution in [0.3, 0.4) is 0 Å². The molecule has 0 aliphatic carbocycles. The number of anilines is 2. The van der Waals surface area contributed by atoms with Crippen molar-refractivity contribution in [2.45, 2.75) is 51.7 Å². The van der Waals surface area contributed by atoms with Crippen molar-refractivity contribution >= 4 is 22.4 Å². The van der Waals surface area contributed by atoms with E-state index < -0.39 is 0 Å². The minimum absolute atomic E-state index is 0.0299. The number of piperidine rings is 1. The first kappa shape index (κ1) is 19.7. The van der Waals surface area contributed by atoms with Crippen LogP contribution in [0, 0.1) is 25.2 Å². The molecule has 2 unspecified atom stereocenters. The van der Waals surface area contributed by atoms with Gasteiger partial charge in [0, 0.05) is 42.1 Å². The molecule has 3 atom stereocenters. The number of fused-ring (bicyclic) bond motifs is 3. The van der Waals surface area contributed by atoms with Gasteiger partial charge in [-0.05, 0) is 49.9 Å². The Hall–Kier alpha value is -3.24. The zero-order valence-electron chi connectivity index (χ0n) is 18.2. The Kier molecular flexibility index (Phi) is 4.95. The number of nitrogens with zero attached hydrogens (tertiary/aromatic N) is 5. The minimum Gasteiger partial charge on any atom is -0.362 e. The second-order valence-electron chi connectivity index (χ2n) is 8.76. The third-order valence-corrected chi connectivity index (χ3v) is 6.66. The van der Waals surface area contributed by atoms with Crippen LogP contribution in [-0.4, -0.2) is 40.4 Å². The van der Waals surface area contributed by atoms with Crippen molar-refractivity contribution in [2.24, 2.45) is 0 Å². The van der Waals surface area contributed by atoms with Gasteiger partial charge in [-0.2, -0.15) is 10.4 Å². The monoisotopic (exact) mass is 413 g/mol. The zero-order valence-corrected chi connectivity index (χ0v) is 18.2. The van der Waals surface area contributed by atoms with E-state index in [-0.39, 0.29) is 6.04 Å². The standard InChI is InChI=1S/C24H27N7/c1-14-17(7-8-25)5-4-6-20(14)15(2)27-24-21-10-23(26-11-22(21)16(3)29-30-24)31-12-18-9-19(13-31)28-18/h4-6,10-11,15,18-19,28H,7,9,12-13H2,1-3H3,(H,27,30)/t15-,18?,19?/m1/s1. The molecule has 31 heavy (non-hydrogen) atoms. The van der Waals surface area contributed by atoms with E-state index in [2.05, 4.69) is 57.8 Å². The van der Waals surface area contributed by atoms with Crippen molar-refractivity contribution < 1.29 is 0 Å². The van der Waals surface area contributed by atoms with Gasteiger partial charge >= 0.3 is 0 Å². The quantitative estimate of drug-likeness (QED) is 0.662. The Balaban J connectivity index is 1.48. The predicted octanol–water partition coefficient (Wildman–Crippen LogP) is 3.43. The molecule has 3 aliphatic rings. The summed E-state index contributed by atoms with van der Waals surface area (Å²) in [6.45, 7) is 8.17. The van der Waals surface area contributed by atoms with Gasteiger partial charge in [0.1, 0.15) is 5.82 Å². The molecule has 3 fully saturated rings. The number of benzene rings is 1. The molecular formula is C24H27N7. The first-order chi connectivity index (χ1) is 15.0. The van der Waals surface area contributed by atoms with E-state index in [4.69, 9.17) is 10.2 Å². The Bertz CT molecular complexity index is 1170. The van der Waals surface area contributed by atoms with Gasteiger partial charge < -0.3 is 15.5 Å². The molecule has 6 rings (SSSR count). The predicted molar refractivity (Wildman–Crippen MR) is 122 cm³/mol. The van der Waals surface area contributed by atoms with Gasteiger partial charge in [-0.3, -0.25) is 0 Å². The van der Waals surface area contributed by atoms with E-state index in [1.54, 1.807) is 0 Å². The highest BCUT2D eigenvalue weighted by Gasteiger charge is 2.36. The molecule has 158 valence electrons. The highest BCUT2D eigenvalue weighted by atomic mass is 15.3. The molecule has 0 spiro atoms. The van der Waals surface area contributed by atoms with Crippen LogP contribution in [0.1, 0.15) is 41.8 Å². The van der Waals surface area contributed by atoms with Gasteiger partial charge in [-0.15, -0.1) is 5.10 Å². The van der Waals surface area contributed by atoms with Gasteiger partial charge in [-0.25, -0.2) is 4.98 Å². The molecule has 3 saturated heterocycles. The number of nitrogens with one attached hydrogen (secondary N) is 2. The smallest absolute Gasteiger partial charge is 0.157 e. The maximum Gasteiger partial charge on any atom is 0.157 e. The molecule has 5 heterocycles. The van der Waals surface area contributed by atoms with Crippen molar-refractivity contribution in [1.82, 2.24) is 20.5 Å². The number of aromatic nitrogens is 3. The molecule has 3 aliphatic heterocycles. The first-order valence-electron chi connectivity index (χ1n) is 10.9. The van der Waals surface area contributed by atoms with Crippen molar-refractivity contribution in [3.63, 3.8) is 0 Å². The van der Waals surface area contributed by atoms with Crippen LogP contribution < -0.4 is 15.5 Å². The van der Waals surface area contributed by atoms with Crippen molar-refractivity contribution in [1.29, 1.82) is 5.26 Å². The molecule has 0 radical (unpaired) electrons. The largest absolute Gasteiger partial charge is 0.362 e. The zero-order chi connectivity index (χ0) is 21.5. The second-order valence-corrected chi connectivity index (χ2v) is 8.76. The Labute approximate surface area is 182 Å². The summed E-state index contributed by atoms with van der Waals surface area (Å²) in [5, 5.41) is 27.2. The van der Waals surface area contributed by atoms with E-state index in [1.165, 1.54) is 12.0 Å². The molecule has 0 saturated carbocycles. The summed E-state index contributed by atoms with van der Waals surface area (Å²) in [5.41, 5.74) is 4.26. The molecule has 7 heteroatoms. The maximum absolute atomic E-state index is 9.11. The number of nitriles is 1. The van der Waals surface area contributed by atoms with Crippen molar-refractivity contribution in [3.8, 4) is 6.07 Å². The lowest BCUT2D eigenvalue weighted by Gasteiger charge is -2.48. The van der Waals surface area contributed by atoms with Crippen LogP contribution in [0.4, 0.5) is 11.6 Å². The number of hydrogen-bond acceptors (Lipinski definition) is 7. The molecule has 1 aromatic carbocycles. The van der Waals surface area contributed by atoms with Crippen LogP contribution >= 0.6 is 0 Å². The van der Waals surface area contributed by atoms with Crippen LogP contribution in [0.5, 0.6) is 0 Å². The van der Waals surface area contributed by atoms with Gasteiger partial charge in [0.05, 0.1) is 24.2 Å². The number of pyridine rings is 1. The van der Waals surface area contributed by atoms with E-state index >= 15 is 0 Å². The second kappa shape index (κ2) is 7.78. The third-order valence-electron chi connectivity index (χ3n) is 6.66. The van der Waals surface area contributed by atoms with Gasteiger partial charge in [0.15, 0.2) is 5.82 Å². The number of rotatable bonds is 5. The normalized spacial score (nSPS) is 20.8. The molecular weight excluding hydrogens is 386 g/mol. The van der Waals surface area contributed by atoms with E-state index in [0.29, 0.717) is 18.5 Å². The average Bonchev–Trinajstić information content (AvgIpc) is 2.76. The topological polar surface area (TPSA) is 89.8 Å². The fourth-order valence-electron chi connectivity index (χ4n) is 4.87. The summed E-state index contributed by atoms with van der Waals surface area (Å²) < 4.78 is 0. The van der Waals surface area contributed by atoms with E-state index in [0.717, 1.165) is 52.3 Å². The summed E-state index contributed by atoms with van der Waals surface area (Å²) in [4.78, 5) is 7.11. The summed E-state index contributed by atoms with van der Waals surface area (Å²) in [6.07, 6.45) is 3.61. The summed E-state index contributed by atoms with van der Waals surface area (Å²) in [6, 6.07) is 11.7. The average molecular weight is 414 g/mol. The molecule has 2 aromatic heterocycles. The molecule has 2 N–H and O–H groups in total. The minimum atomic E-state index is 0.0299.